The normalized spacial score (nSPS) is 10.5. The van der Waals surface area contributed by atoms with Gasteiger partial charge in [-0.05, 0) is 18.2 Å². The van der Waals surface area contributed by atoms with Crippen LogP contribution in [0, 0.1) is 0 Å². The van der Waals surface area contributed by atoms with Crippen molar-refractivity contribution < 1.29 is 9.90 Å². The Kier molecular flexibility index (Phi) is 2.21. The van der Waals surface area contributed by atoms with Gasteiger partial charge >= 0.3 is 5.97 Å². The highest BCUT2D eigenvalue weighted by molar-refractivity contribution is 6.31. The van der Waals surface area contributed by atoms with E-state index in [1.54, 1.807) is 0 Å². The van der Waals surface area contributed by atoms with Gasteiger partial charge in [0.15, 0.2) is 0 Å². The summed E-state index contributed by atoms with van der Waals surface area (Å²) in [5.74, 6) is -1.09. The van der Waals surface area contributed by atoms with Crippen molar-refractivity contribution in [3.8, 4) is 0 Å². The molecule has 0 amide bonds. The molecule has 0 fully saturated rings. The molecule has 2 aromatic heterocycles. The summed E-state index contributed by atoms with van der Waals surface area (Å²) in [5.41, 5.74) is 0.0614. The molecule has 0 aliphatic heterocycles. The number of fused-ring (bicyclic) bond motifs is 1. The predicted molar refractivity (Wildman–Crippen MR) is 55.6 cm³/mol. The van der Waals surface area contributed by atoms with Crippen LogP contribution in [0.3, 0.4) is 0 Å². The van der Waals surface area contributed by atoms with Crippen molar-refractivity contribution in [1.82, 2.24) is 4.40 Å². The quantitative estimate of drug-likeness (QED) is 0.800. The molecule has 2 aromatic rings. The van der Waals surface area contributed by atoms with Crippen LogP contribution in [0.15, 0.2) is 35.3 Å². The maximum atomic E-state index is 11.4. The molecule has 0 aliphatic rings. The maximum Gasteiger partial charge on any atom is 0.337 e. The zero-order valence-corrected chi connectivity index (χ0v) is 8.23. The molecule has 4 nitrogen and oxygen atoms in total. The molecule has 0 aromatic carbocycles. The van der Waals surface area contributed by atoms with Crippen molar-refractivity contribution in [3.05, 3.63) is 51.4 Å². The average Bonchev–Trinajstić information content (AvgIpc) is 2.17. The van der Waals surface area contributed by atoms with Gasteiger partial charge in [0.05, 0.1) is 11.1 Å². The third-order valence-electron chi connectivity index (χ3n) is 2.05. The summed E-state index contributed by atoms with van der Waals surface area (Å²) in [6, 6.07) is 5.47. The van der Waals surface area contributed by atoms with Crippen LogP contribution in [0.1, 0.15) is 10.4 Å². The molecule has 0 spiro atoms. The third-order valence-corrected chi connectivity index (χ3v) is 2.29. The summed E-state index contributed by atoms with van der Waals surface area (Å²) in [6.45, 7) is 0. The zero-order valence-electron chi connectivity index (χ0n) is 7.48. The molecule has 2 heterocycles. The van der Waals surface area contributed by atoms with Gasteiger partial charge in [-0.25, -0.2) is 4.79 Å². The van der Waals surface area contributed by atoms with Crippen LogP contribution in [0.4, 0.5) is 0 Å². The maximum absolute atomic E-state index is 11.4. The second-order valence-corrected chi connectivity index (χ2v) is 3.43. The summed E-state index contributed by atoms with van der Waals surface area (Å²) in [7, 11) is 0. The van der Waals surface area contributed by atoms with Crippen molar-refractivity contribution in [3.63, 3.8) is 0 Å². The van der Waals surface area contributed by atoms with Crippen LogP contribution >= 0.6 is 11.6 Å². The van der Waals surface area contributed by atoms with Crippen LogP contribution in [0.5, 0.6) is 0 Å². The van der Waals surface area contributed by atoms with E-state index >= 15 is 0 Å². The Morgan fingerprint density at radius 3 is 2.73 bits per heavy atom. The number of hydrogen-bond donors (Lipinski definition) is 1. The molecule has 0 aliphatic carbocycles. The number of halogens is 1. The Morgan fingerprint density at radius 2 is 2.07 bits per heavy atom. The molecule has 0 radical (unpaired) electrons. The van der Waals surface area contributed by atoms with Crippen LogP contribution in [0.25, 0.3) is 5.52 Å². The zero-order chi connectivity index (χ0) is 11.0. The average molecular weight is 224 g/mol. The summed E-state index contributed by atoms with van der Waals surface area (Å²) >= 11 is 5.74. The second kappa shape index (κ2) is 3.40. The third kappa shape index (κ3) is 1.59. The predicted octanol–water partition coefficient (Wildman–Crippen LogP) is 1.65. The number of carboxylic acid groups (broad SMARTS) is 1. The molecular weight excluding hydrogens is 218 g/mol. The molecule has 0 saturated heterocycles. The number of aromatic nitrogens is 1. The van der Waals surface area contributed by atoms with Gasteiger partial charge < -0.3 is 5.11 Å². The van der Waals surface area contributed by atoms with Gasteiger partial charge in [0.1, 0.15) is 0 Å². The van der Waals surface area contributed by atoms with Gasteiger partial charge in [-0.15, -0.1) is 0 Å². The minimum Gasteiger partial charge on any atom is -0.478 e. The smallest absolute Gasteiger partial charge is 0.337 e. The van der Waals surface area contributed by atoms with Gasteiger partial charge in [-0.1, -0.05) is 11.6 Å². The van der Waals surface area contributed by atoms with Crippen molar-refractivity contribution >= 4 is 23.1 Å². The monoisotopic (exact) mass is 223 g/mol. The van der Waals surface area contributed by atoms with E-state index in [1.807, 2.05) is 0 Å². The Morgan fingerprint density at radius 1 is 1.33 bits per heavy atom. The van der Waals surface area contributed by atoms with Crippen LogP contribution < -0.4 is 5.56 Å². The Labute approximate surface area is 89.3 Å². The van der Waals surface area contributed by atoms with E-state index in [0.717, 1.165) is 0 Å². The van der Waals surface area contributed by atoms with Gasteiger partial charge in [0, 0.05) is 17.3 Å². The number of aromatic carboxylic acids is 1. The number of carbonyl (C=O) groups is 1. The first-order chi connectivity index (χ1) is 7.09. The van der Waals surface area contributed by atoms with E-state index in [2.05, 4.69) is 0 Å². The number of pyridine rings is 2. The summed E-state index contributed by atoms with van der Waals surface area (Å²) in [6.07, 6.45) is 1.45. The van der Waals surface area contributed by atoms with E-state index in [9.17, 15) is 9.59 Å². The van der Waals surface area contributed by atoms with Crippen LogP contribution in [-0.4, -0.2) is 15.5 Å². The fourth-order valence-electron chi connectivity index (χ4n) is 1.38. The van der Waals surface area contributed by atoms with E-state index in [-0.39, 0.29) is 11.1 Å². The van der Waals surface area contributed by atoms with Crippen LogP contribution in [0.2, 0.25) is 5.02 Å². The van der Waals surface area contributed by atoms with Gasteiger partial charge in [-0.3, -0.25) is 9.20 Å². The summed E-state index contributed by atoms with van der Waals surface area (Å²) in [4.78, 5) is 22.3. The van der Waals surface area contributed by atoms with Gasteiger partial charge in [-0.2, -0.15) is 0 Å². The van der Waals surface area contributed by atoms with Gasteiger partial charge in [0.2, 0.25) is 0 Å². The first-order valence-electron chi connectivity index (χ1n) is 4.14. The number of rotatable bonds is 1. The van der Waals surface area contributed by atoms with Gasteiger partial charge in [0.25, 0.3) is 5.56 Å². The number of hydrogen-bond acceptors (Lipinski definition) is 2. The summed E-state index contributed by atoms with van der Waals surface area (Å²) < 4.78 is 1.25. The van der Waals surface area contributed by atoms with E-state index in [1.165, 1.54) is 34.9 Å². The Hall–Kier alpha value is -1.81. The molecule has 0 unspecified atom stereocenters. The highest BCUT2D eigenvalue weighted by Gasteiger charge is 2.09. The molecular formula is C10H6ClNO3. The lowest BCUT2D eigenvalue weighted by atomic mass is 10.2. The minimum absolute atomic E-state index is 0.0529. The lowest BCUT2D eigenvalue weighted by Crippen LogP contribution is -2.14. The first-order valence-corrected chi connectivity index (χ1v) is 4.51. The Bertz CT molecular complexity index is 603. The molecule has 76 valence electrons. The van der Waals surface area contributed by atoms with Crippen molar-refractivity contribution in [2.75, 3.05) is 0 Å². The largest absolute Gasteiger partial charge is 0.478 e. The fourth-order valence-corrected chi connectivity index (χ4v) is 1.53. The van der Waals surface area contributed by atoms with Crippen molar-refractivity contribution in [1.29, 1.82) is 0 Å². The molecule has 5 heteroatoms. The molecule has 0 atom stereocenters. The van der Waals surface area contributed by atoms with E-state index < -0.39 is 5.97 Å². The summed E-state index contributed by atoms with van der Waals surface area (Å²) in [5, 5.41) is 9.30. The van der Waals surface area contributed by atoms with Crippen molar-refractivity contribution in [2.45, 2.75) is 0 Å². The van der Waals surface area contributed by atoms with Crippen molar-refractivity contribution in [2.24, 2.45) is 0 Å². The molecule has 2 rings (SSSR count). The second-order valence-electron chi connectivity index (χ2n) is 2.99. The standard InChI is InChI=1S/C10H6ClNO3/c11-6-3-4-12-8(5-6)7(10(14)15)1-2-9(12)13/h1-5H,(H,14,15). The number of nitrogens with zero attached hydrogens (tertiary/aromatic N) is 1. The lowest BCUT2D eigenvalue weighted by molar-refractivity contribution is 0.0698. The molecule has 0 bridgehead atoms. The number of carboxylic acids is 1. The molecule has 0 saturated carbocycles. The lowest BCUT2D eigenvalue weighted by Gasteiger charge is -2.03. The topological polar surface area (TPSA) is 58.8 Å². The van der Waals surface area contributed by atoms with Crippen LogP contribution in [-0.2, 0) is 0 Å². The highest BCUT2D eigenvalue weighted by Crippen LogP contribution is 2.14. The highest BCUT2D eigenvalue weighted by atomic mass is 35.5. The minimum atomic E-state index is -1.09. The Balaban J connectivity index is 2.96. The first kappa shape index (κ1) is 9.73. The van der Waals surface area contributed by atoms with E-state index in [4.69, 9.17) is 16.7 Å². The van der Waals surface area contributed by atoms with E-state index in [0.29, 0.717) is 10.5 Å². The molecule has 1 N–H and O–H groups in total. The fraction of sp³-hybridized carbons (Fsp3) is 0. The SMILES string of the molecule is O=C(O)c1ccc(=O)n2ccc(Cl)cc12. The molecule has 15 heavy (non-hydrogen) atoms.